The van der Waals surface area contributed by atoms with Gasteiger partial charge in [0, 0.05) is 35.1 Å². The van der Waals surface area contributed by atoms with Crippen molar-refractivity contribution < 1.29 is 0 Å². The lowest BCUT2D eigenvalue weighted by molar-refractivity contribution is 0.651. The van der Waals surface area contributed by atoms with Crippen molar-refractivity contribution in [3.8, 4) is 0 Å². The van der Waals surface area contributed by atoms with Crippen LogP contribution in [0.15, 0.2) is 41.7 Å². The highest BCUT2D eigenvalue weighted by molar-refractivity contribution is 7.98. The van der Waals surface area contributed by atoms with E-state index < -0.39 is 0 Å². The molecule has 0 fully saturated rings. The molecule has 0 saturated heterocycles. The zero-order valence-corrected chi connectivity index (χ0v) is 13.3. The van der Waals surface area contributed by atoms with Crippen LogP contribution in [0.5, 0.6) is 0 Å². The van der Waals surface area contributed by atoms with Crippen LogP contribution in [0.4, 0.5) is 0 Å². The Hall–Kier alpha value is -1.26. The van der Waals surface area contributed by atoms with Gasteiger partial charge in [0.1, 0.15) is 0 Å². The zero-order chi connectivity index (χ0) is 14.4. The average Bonchev–Trinajstić information content (AvgIpc) is 2.92. The molecule has 0 aliphatic heterocycles. The Bertz CT molecular complexity index is 536. The fraction of sp³-hybridized carbons (Fsp3) is 0.438. The molecule has 0 spiro atoms. The molecule has 4 heteroatoms. The van der Waals surface area contributed by atoms with E-state index in [2.05, 4.69) is 53.0 Å². The molecular formula is C16H23N3S. The third-order valence-corrected chi connectivity index (χ3v) is 4.47. The van der Waals surface area contributed by atoms with E-state index in [1.165, 1.54) is 16.2 Å². The molecule has 0 aliphatic rings. The Balaban J connectivity index is 2.01. The number of nitrogens with zero attached hydrogens (tertiary/aromatic N) is 2. The van der Waals surface area contributed by atoms with E-state index in [0.717, 1.165) is 18.7 Å². The van der Waals surface area contributed by atoms with Gasteiger partial charge in [0.05, 0.1) is 6.33 Å². The minimum absolute atomic E-state index is 0.390. The second-order valence-corrected chi connectivity index (χ2v) is 6.00. The van der Waals surface area contributed by atoms with Gasteiger partial charge in [0.2, 0.25) is 0 Å². The number of thioether (sulfide) groups is 1. The van der Waals surface area contributed by atoms with Gasteiger partial charge in [0.25, 0.3) is 0 Å². The van der Waals surface area contributed by atoms with Crippen molar-refractivity contribution in [1.29, 1.82) is 0 Å². The van der Waals surface area contributed by atoms with E-state index in [1.807, 2.05) is 31.3 Å². The summed E-state index contributed by atoms with van der Waals surface area (Å²) in [5, 5.41) is 3.28. The number of nitrogens with one attached hydrogen (secondary N) is 1. The van der Waals surface area contributed by atoms with Gasteiger partial charge in [-0.1, -0.05) is 19.1 Å². The van der Waals surface area contributed by atoms with E-state index in [-0.39, 0.29) is 0 Å². The molecule has 1 heterocycles. The Morgan fingerprint density at radius 3 is 3.00 bits per heavy atom. The van der Waals surface area contributed by atoms with Crippen molar-refractivity contribution >= 4 is 11.8 Å². The highest BCUT2D eigenvalue weighted by Gasteiger charge is 2.05. The molecule has 1 aromatic carbocycles. The summed E-state index contributed by atoms with van der Waals surface area (Å²) in [4.78, 5) is 5.57. The van der Waals surface area contributed by atoms with Crippen LogP contribution in [0.3, 0.4) is 0 Å². The van der Waals surface area contributed by atoms with E-state index in [9.17, 15) is 0 Å². The summed E-state index contributed by atoms with van der Waals surface area (Å²) in [7, 11) is 1.99. The first-order chi connectivity index (χ1) is 9.74. The molecule has 2 aromatic rings. The molecule has 0 aliphatic carbocycles. The number of imidazole rings is 1. The average molecular weight is 289 g/mol. The van der Waals surface area contributed by atoms with Crippen LogP contribution in [-0.2, 0) is 12.3 Å². The molecule has 108 valence electrons. The number of benzene rings is 1. The maximum atomic E-state index is 4.25. The fourth-order valence-corrected chi connectivity index (χ4v) is 3.06. The Labute approximate surface area is 125 Å². The summed E-state index contributed by atoms with van der Waals surface area (Å²) in [5.41, 5.74) is 2.63. The van der Waals surface area contributed by atoms with Crippen LogP contribution in [0.25, 0.3) is 0 Å². The van der Waals surface area contributed by atoms with Crippen molar-refractivity contribution in [3.63, 3.8) is 0 Å². The van der Waals surface area contributed by atoms with Crippen LogP contribution >= 0.6 is 11.8 Å². The minimum Gasteiger partial charge on any atom is -0.334 e. The fourth-order valence-electron chi connectivity index (χ4n) is 2.11. The monoisotopic (exact) mass is 289 g/mol. The van der Waals surface area contributed by atoms with Gasteiger partial charge in [-0.2, -0.15) is 0 Å². The molecule has 1 unspecified atom stereocenters. The first kappa shape index (κ1) is 15.1. The van der Waals surface area contributed by atoms with Gasteiger partial charge in [-0.25, -0.2) is 4.98 Å². The number of hydrogen-bond donors (Lipinski definition) is 1. The summed E-state index contributed by atoms with van der Waals surface area (Å²) in [6, 6.07) is 9.14. The normalized spacial score (nSPS) is 12.6. The molecule has 2 rings (SSSR count). The Kier molecular flexibility index (Phi) is 5.68. The Morgan fingerprint density at radius 2 is 2.25 bits per heavy atom. The van der Waals surface area contributed by atoms with Crippen molar-refractivity contribution in [2.75, 3.05) is 7.05 Å². The van der Waals surface area contributed by atoms with Gasteiger partial charge in [0.15, 0.2) is 0 Å². The maximum absolute atomic E-state index is 4.25. The van der Waals surface area contributed by atoms with Gasteiger partial charge >= 0.3 is 0 Å². The van der Waals surface area contributed by atoms with Gasteiger partial charge in [-0.05, 0) is 38.1 Å². The van der Waals surface area contributed by atoms with Crippen LogP contribution < -0.4 is 5.32 Å². The number of hydrogen-bond acceptors (Lipinski definition) is 3. The minimum atomic E-state index is 0.390. The third-order valence-electron chi connectivity index (χ3n) is 3.44. The van der Waals surface area contributed by atoms with E-state index in [0.29, 0.717) is 6.04 Å². The highest BCUT2D eigenvalue weighted by Crippen LogP contribution is 2.25. The topological polar surface area (TPSA) is 29.9 Å². The second-order valence-electron chi connectivity index (χ2n) is 4.95. The number of aryl methyl sites for hydroxylation is 1. The van der Waals surface area contributed by atoms with Crippen molar-refractivity contribution in [1.82, 2.24) is 14.9 Å². The summed E-state index contributed by atoms with van der Waals surface area (Å²) >= 11 is 1.87. The van der Waals surface area contributed by atoms with Crippen molar-refractivity contribution in [2.45, 2.75) is 43.5 Å². The quantitative estimate of drug-likeness (QED) is 0.785. The lowest BCUT2D eigenvalue weighted by atomic mass is 10.1. The molecule has 20 heavy (non-hydrogen) atoms. The predicted octanol–water partition coefficient (Wildman–Crippen LogP) is 3.87. The maximum Gasteiger partial charge on any atom is 0.0948 e. The summed E-state index contributed by atoms with van der Waals surface area (Å²) in [6.07, 6.45) is 5.05. The lowest BCUT2D eigenvalue weighted by Crippen LogP contribution is -2.12. The molecule has 1 N–H and O–H groups in total. The van der Waals surface area contributed by atoms with Gasteiger partial charge in [-0.3, -0.25) is 0 Å². The van der Waals surface area contributed by atoms with Crippen LogP contribution in [-0.4, -0.2) is 16.6 Å². The summed E-state index contributed by atoms with van der Waals surface area (Å²) in [6.45, 7) is 5.42. The molecule has 0 bridgehead atoms. The standard InChI is InChI=1S/C16H23N3S/c1-4-8-19-12-18-10-15(19)11-20-16-7-5-6-14(9-16)13(2)17-3/h5-7,9-10,12-13,17H,4,8,11H2,1-3H3. The zero-order valence-electron chi connectivity index (χ0n) is 12.5. The van der Waals surface area contributed by atoms with Crippen LogP contribution in [0, 0.1) is 0 Å². The van der Waals surface area contributed by atoms with Crippen molar-refractivity contribution in [2.24, 2.45) is 0 Å². The van der Waals surface area contributed by atoms with E-state index in [4.69, 9.17) is 0 Å². The van der Waals surface area contributed by atoms with Crippen molar-refractivity contribution in [3.05, 3.63) is 48.0 Å². The Morgan fingerprint density at radius 1 is 1.40 bits per heavy atom. The van der Waals surface area contributed by atoms with Crippen LogP contribution in [0.1, 0.15) is 37.6 Å². The highest BCUT2D eigenvalue weighted by atomic mass is 32.2. The molecule has 0 amide bonds. The molecule has 1 atom stereocenters. The lowest BCUT2D eigenvalue weighted by Gasteiger charge is -2.12. The second kappa shape index (κ2) is 7.50. The van der Waals surface area contributed by atoms with Gasteiger partial charge < -0.3 is 9.88 Å². The van der Waals surface area contributed by atoms with E-state index >= 15 is 0 Å². The smallest absolute Gasteiger partial charge is 0.0948 e. The number of aromatic nitrogens is 2. The SMILES string of the molecule is CCCn1cncc1CSc1cccc(C(C)NC)c1. The first-order valence-corrected chi connectivity index (χ1v) is 8.12. The largest absolute Gasteiger partial charge is 0.334 e. The predicted molar refractivity (Wildman–Crippen MR) is 86.0 cm³/mol. The third kappa shape index (κ3) is 3.87. The van der Waals surface area contributed by atoms with Crippen LogP contribution in [0.2, 0.25) is 0 Å². The van der Waals surface area contributed by atoms with E-state index in [1.54, 1.807) is 0 Å². The first-order valence-electron chi connectivity index (χ1n) is 7.13. The summed E-state index contributed by atoms with van der Waals surface area (Å²) in [5.74, 6) is 0.970. The molecule has 3 nitrogen and oxygen atoms in total. The number of rotatable bonds is 7. The molecule has 0 saturated carbocycles. The molecule has 1 aromatic heterocycles. The molecular weight excluding hydrogens is 266 g/mol. The summed E-state index contributed by atoms with van der Waals surface area (Å²) < 4.78 is 2.24. The molecule has 0 radical (unpaired) electrons. The van der Waals surface area contributed by atoms with Gasteiger partial charge in [-0.15, -0.1) is 11.8 Å².